The number of nitrogens with one attached hydrogen (secondary N) is 1. The van der Waals surface area contributed by atoms with E-state index >= 15 is 0 Å². The van der Waals surface area contributed by atoms with Crippen molar-refractivity contribution < 1.29 is 14.6 Å². The first-order valence-corrected chi connectivity index (χ1v) is 7.78. The first kappa shape index (κ1) is 15.8. The summed E-state index contributed by atoms with van der Waals surface area (Å²) in [6, 6.07) is 6.00. The Morgan fingerprint density at radius 2 is 2.29 bits per heavy atom. The quantitative estimate of drug-likeness (QED) is 0.811. The van der Waals surface area contributed by atoms with Crippen LogP contribution in [0.5, 0.6) is 5.75 Å². The first-order chi connectivity index (χ1) is 10.1. The fourth-order valence-electron chi connectivity index (χ4n) is 2.97. The van der Waals surface area contributed by atoms with Crippen LogP contribution in [0.1, 0.15) is 43.7 Å². The molecule has 0 heterocycles. The minimum Gasteiger partial charge on any atom is -0.497 e. The van der Waals surface area contributed by atoms with E-state index < -0.39 is 12.0 Å². The molecule has 1 aliphatic rings. The van der Waals surface area contributed by atoms with Crippen LogP contribution in [0, 0.1) is 0 Å². The fraction of sp³-hybridized carbons (Fsp3) is 0.588. The molecule has 1 aromatic carbocycles. The number of carboxylic acids is 1. The van der Waals surface area contributed by atoms with E-state index in [2.05, 4.69) is 24.4 Å². The molecule has 1 aliphatic carbocycles. The van der Waals surface area contributed by atoms with Crippen LogP contribution in [0.3, 0.4) is 0 Å². The highest BCUT2D eigenvalue weighted by Gasteiger charge is 2.24. The number of aryl methyl sites for hydroxylation is 1. The summed E-state index contributed by atoms with van der Waals surface area (Å²) in [6.07, 6.45) is 5.54. The topological polar surface area (TPSA) is 58.6 Å². The summed E-state index contributed by atoms with van der Waals surface area (Å²) in [7, 11) is 1.67. The highest BCUT2D eigenvalue weighted by molar-refractivity contribution is 5.73. The van der Waals surface area contributed by atoms with Crippen molar-refractivity contribution in [3.05, 3.63) is 29.3 Å². The standard InChI is InChI=1S/C17H25NO3/c1-3-4-5-16(17(19)20)18-14-8-6-12-7-9-15(21-2)11-13(12)10-14/h7,9,11,14,16,18H,3-6,8,10H2,1-2H3,(H,19,20)/t14?,16-/m0/s1. The van der Waals surface area contributed by atoms with Crippen LogP contribution >= 0.6 is 0 Å². The van der Waals surface area contributed by atoms with E-state index in [1.807, 2.05) is 6.07 Å². The summed E-state index contributed by atoms with van der Waals surface area (Å²) in [5.74, 6) is 0.134. The number of fused-ring (bicyclic) bond motifs is 1. The summed E-state index contributed by atoms with van der Waals surface area (Å²) in [5.41, 5.74) is 2.63. The first-order valence-electron chi connectivity index (χ1n) is 7.78. The lowest BCUT2D eigenvalue weighted by molar-refractivity contribution is -0.140. The van der Waals surface area contributed by atoms with Gasteiger partial charge < -0.3 is 15.2 Å². The van der Waals surface area contributed by atoms with Gasteiger partial charge in [0.25, 0.3) is 0 Å². The molecule has 2 rings (SSSR count). The molecule has 2 atom stereocenters. The number of methoxy groups -OCH3 is 1. The molecule has 2 N–H and O–H groups in total. The van der Waals surface area contributed by atoms with Crippen LogP contribution in [0.4, 0.5) is 0 Å². The zero-order chi connectivity index (χ0) is 15.2. The molecule has 0 aromatic heterocycles. The van der Waals surface area contributed by atoms with Gasteiger partial charge in [-0.2, -0.15) is 0 Å². The zero-order valence-electron chi connectivity index (χ0n) is 12.9. The molecule has 116 valence electrons. The van der Waals surface area contributed by atoms with Crippen molar-refractivity contribution in [2.45, 2.75) is 57.5 Å². The number of carboxylic acid groups (broad SMARTS) is 1. The predicted molar refractivity (Wildman–Crippen MR) is 82.9 cm³/mol. The van der Waals surface area contributed by atoms with E-state index in [1.165, 1.54) is 11.1 Å². The van der Waals surface area contributed by atoms with Crippen molar-refractivity contribution in [3.63, 3.8) is 0 Å². The molecular weight excluding hydrogens is 266 g/mol. The molecule has 0 saturated heterocycles. The Balaban J connectivity index is 2.00. The highest BCUT2D eigenvalue weighted by Crippen LogP contribution is 2.26. The summed E-state index contributed by atoms with van der Waals surface area (Å²) >= 11 is 0. The van der Waals surface area contributed by atoms with E-state index in [0.717, 1.165) is 37.9 Å². The SMILES string of the molecule is CCCC[C@H](NC1CCc2ccc(OC)cc2C1)C(=O)O. The van der Waals surface area contributed by atoms with E-state index in [-0.39, 0.29) is 6.04 Å². The molecule has 0 bridgehead atoms. The maximum absolute atomic E-state index is 11.3. The molecule has 0 radical (unpaired) electrons. The van der Waals surface area contributed by atoms with Crippen molar-refractivity contribution in [2.24, 2.45) is 0 Å². The fourth-order valence-corrected chi connectivity index (χ4v) is 2.97. The van der Waals surface area contributed by atoms with Crippen LogP contribution < -0.4 is 10.1 Å². The van der Waals surface area contributed by atoms with Crippen LogP contribution in [-0.2, 0) is 17.6 Å². The lowest BCUT2D eigenvalue weighted by atomic mass is 9.87. The van der Waals surface area contributed by atoms with Gasteiger partial charge in [-0.1, -0.05) is 25.8 Å². The predicted octanol–water partition coefficient (Wildman–Crippen LogP) is 2.79. The molecule has 4 nitrogen and oxygen atoms in total. The summed E-state index contributed by atoms with van der Waals surface area (Å²) < 4.78 is 5.27. The molecule has 1 unspecified atom stereocenters. The van der Waals surface area contributed by atoms with Crippen molar-refractivity contribution in [2.75, 3.05) is 7.11 Å². The molecular formula is C17H25NO3. The molecule has 0 aliphatic heterocycles. The number of hydrogen-bond donors (Lipinski definition) is 2. The zero-order valence-corrected chi connectivity index (χ0v) is 12.9. The van der Waals surface area contributed by atoms with Gasteiger partial charge in [0.2, 0.25) is 0 Å². The second-order valence-electron chi connectivity index (χ2n) is 5.77. The third kappa shape index (κ3) is 4.21. The van der Waals surface area contributed by atoms with Gasteiger partial charge in [0, 0.05) is 6.04 Å². The number of ether oxygens (including phenoxy) is 1. The number of aliphatic carboxylic acids is 1. The summed E-state index contributed by atoms with van der Waals surface area (Å²) in [6.45, 7) is 2.09. The summed E-state index contributed by atoms with van der Waals surface area (Å²) in [5, 5.41) is 12.7. The van der Waals surface area contributed by atoms with Crippen molar-refractivity contribution in [1.82, 2.24) is 5.32 Å². The van der Waals surface area contributed by atoms with E-state index in [4.69, 9.17) is 4.74 Å². The van der Waals surface area contributed by atoms with E-state index in [0.29, 0.717) is 6.42 Å². The number of carbonyl (C=O) groups is 1. The third-order valence-corrected chi connectivity index (χ3v) is 4.22. The molecule has 0 saturated carbocycles. The lowest BCUT2D eigenvalue weighted by Gasteiger charge is -2.28. The summed E-state index contributed by atoms with van der Waals surface area (Å²) in [4.78, 5) is 11.3. The molecule has 0 fully saturated rings. The Kier molecular flexibility index (Phi) is 5.62. The Morgan fingerprint density at radius 3 is 2.95 bits per heavy atom. The van der Waals surface area contributed by atoms with Crippen molar-refractivity contribution in [3.8, 4) is 5.75 Å². The minimum absolute atomic E-state index is 0.238. The van der Waals surface area contributed by atoms with Gasteiger partial charge in [0.1, 0.15) is 11.8 Å². The average molecular weight is 291 g/mol. The Hall–Kier alpha value is -1.55. The maximum Gasteiger partial charge on any atom is 0.320 e. The van der Waals surface area contributed by atoms with Gasteiger partial charge in [0.05, 0.1) is 7.11 Å². The lowest BCUT2D eigenvalue weighted by Crippen LogP contribution is -2.45. The smallest absolute Gasteiger partial charge is 0.320 e. The monoisotopic (exact) mass is 291 g/mol. The molecule has 0 spiro atoms. The Bertz CT molecular complexity index is 487. The van der Waals surface area contributed by atoms with Gasteiger partial charge in [-0.05, 0) is 48.9 Å². The normalized spacial score (nSPS) is 18.9. The second kappa shape index (κ2) is 7.46. The van der Waals surface area contributed by atoms with Crippen LogP contribution in [0.2, 0.25) is 0 Å². The number of hydrogen-bond acceptors (Lipinski definition) is 3. The van der Waals surface area contributed by atoms with Gasteiger partial charge in [0.15, 0.2) is 0 Å². The van der Waals surface area contributed by atoms with Gasteiger partial charge in [-0.3, -0.25) is 4.79 Å². The maximum atomic E-state index is 11.3. The second-order valence-corrected chi connectivity index (χ2v) is 5.77. The minimum atomic E-state index is -0.736. The molecule has 4 heteroatoms. The number of unbranched alkanes of at least 4 members (excludes halogenated alkanes) is 1. The van der Waals surface area contributed by atoms with Gasteiger partial charge in [-0.25, -0.2) is 0 Å². The number of benzene rings is 1. The van der Waals surface area contributed by atoms with Gasteiger partial charge >= 0.3 is 5.97 Å². The van der Waals surface area contributed by atoms with E-state index in [1.54, 1.807) is 7.11 Å². The van der Waals surface area contributed by atoms with Crippen molar-refractivity contribution in [1.29, 1.82) is 0 Å². The average Bonchev–Trinajstić information content (AvgIpc) is 2.50. The molecule has 1 aromatic rings. The van der Waals surface area contributed by atoms with Crippen LogP contribution in [-0.4, -0.2) is 30.3 Å². The Morgan fingerprint density at radius 1 is 1.48 bits per heavy atom. The van der Waals surface area contributed by atoms with Crippen molar-refractivity contribution >= 4 is 5.97 Å². The molecule has 0 amide bonds. The highest BCUT2D eigenvalue weighted by atomic mass is 16.5. The van der Waals surface area contributed by atoms with Crippen LogP contribution in [0.15, 0.2) is 18.2 Å². The molecule has 21 heavy (non-hydrogen) atoms. The van der Waals surface area contributed by atoms with E-state index in [9.17, 15) is 9.90 Å². The third-order valence-electron chi connectivity index (χ3n) is 4.22. The Labute approximate surface area is 126 Å². The van der Waals surface area contributed by atoms with Gasteiger partial charge in [-0.15, -0.1) is 0 Å². The number of rotatable bonds is 7. The largest absolute Gasteiger partial charge is 0.497 e. The van der Waals surface area contributed by atoms with Crippen LogP contribution in [0.25, 0.3) is 0 Å².